The number of azo groups is 1. The van der Waals surface area contributed by atoms with Gasteiger partial charge in [0, 0.05) is 65.7 Å². The second kappa shape index (κ2) is 12.8. The van der Waals surface area contributed by atoms with Crippen molar-refractivity contribution in [1.29, 1.82) is 0 Å². The molecule has 0 aromatic heterocycles. The third-order valence-electron chi connectivity index (χ3n) is 9.26. The number of rotatable bonds is 9. The summed E-state index contributed by atoms with van der Waals surface area (Å²) in [7, 11) is -7.71. The van der Waals surface area contributed by atoms with Crippen molar-refractivity contribution in [2.24, 2.45) is 16.0 Å². The first-order valence-electron chi connectivity index (χ1n) is 16.1. The summed E-state index contributed by atoms with van der Waals surface area (Å²) in [4.78, 5) is 0.818. The smallest absolute Gasteiger partial charge is 0.295 e. The zero-order chi connectivity index (χ0) is 34.5. The van der Waals surface area contributed by atoms with Crippen molar-refractivity contribution in [3.63, 3.8) is 0 Å². The zero-order valence-electron chi connectivity index (χ0n) is 26.8. The van der Waals surface area contributed by atoms with Crippen molar-refractivity contribution < 1.29 is 30.7 Å². The molecule has 0 saturated heterocycles. The summed E-state index contributed by atoms with van der Waals surface area (Å²) in [5, 5.41) is 10.7. The molecule has 4 N–H and O–H groups in total. The molecule has 49 heavy (non-hydrogen) atoms. The monoisotopic (exact) mass is 702 g/mol. The molecule has 0 unspecified atom stereocenters. The third-order valence-corrected chi connectivity index (χ3v) is 11.0. The van der Waals surface area contributed by atoms with E-state index in [0.717, 1.165) is 86.0 Å². The highest BCUT2D eigenvalue weighted by Gasteiger charge is 2.33. The minimum atomic E-state index is -4.95. The van der Waals surface area contributed by atoms with Gasteiger partial charge in [-0.15, -0.1) is 0 Å². The van der Waals surface area contributed by atoms with Crippen LogP contribution in [0.1, 0.15) is 41.5 Å². The molecule has 3 aliphatic rings. The number of anilines is 1. The van der Waals surface area contributed by atoms with Crippen LogP contribution in [0.4, 0.5) is 17.1 Å². The standard InChI is InChI=1S/C35H35N5O7S2/c1-39(16-4-15-36)25-10-7-23(8-11-25)37-38-24-9-13-27-31(20-24)47-35-29-6-3-18-40-17-2-5-22(34(29)40)19-30(35)33(27)28-14-12-26(48(41,42)43)21-32(28)49(44,45)46/h7-14,19-21H,2-6,15-18,36H2,1H3,(H-,41,42,43,44,45,46)/p+1. The van der Waals surface area contributed by atoms with Crippen molar-refractivity contribution in [3.8, 4) is 11.5 Å². The van der Waals surface area contributed by atoms with E-state index in [4.69, 9.17) is 10.5 Å². The average Bonchev–Trinajstić information content (AvgIpc) is 3.08. The molecule has 0 radical (unpaired) electrons. The number of hydrogen-bond donors (Lipinski definition) is 3. The van der Waals surface area contributed by atoms with Gasteiger partial charge in [0.15, 0.2) is 0 Å². The molecule has 7 rings (SSSR count). The molecule has 4 aromatic carbocycles. The van der Waals surface area contributed by atoms with Crippen LogP contribution >= 0.6 is 0 Å². The van der Waals surface area contributed by atoms with Crippen LogP contribution in [-0.2, 0) is 33.1 Å². The number of nitrogens with two attached hydrogens (primary N) is 1. The van der Waals surface area contributed by atoms with Crippen molar-refractivity contribution >= 4 is 42.9 Å². The summed E-state index contributed by atoms with van der Waals surface area (Å²) in [5.41, 5.74) is 11.0. The van der Waals surface area contributed by atoms with Gasteiger partial charge in [0.1, 0.15) is 29.5 Å². The largest absolute Gasteiger partial charge is 0.455 e. The number of nitrogens with zero attached hydrogens (tertiary/aromatic N) is 4. The van der Waals surface area contributed by atoms with Gasteiger partial charge in [-0.05, 0) is 80.4 Å². The van der Waals surface area contributed by atoms with Gasteiger partial charge in [-0.1, -0.05) is 6.07 Å². The SMILES string of the molecule is CN(CCCN)c1ccc(/N=N/c2ccc3c(c2)Oc2c4c5c(cc2=C3c2ccc(S(=O)(=O)O)cc2S(=O)(=O)O)CCC[N+]=5CCC4)cc1. The summed E-state index contributed by atoms with van der Waals surface area (Å²) in [6.45, 7) is 3.33. The van der Waals surface area contributed by atoms with Gasteiger partial charge in [0.2, 0.25) is 5.36 Å². The molecule has 0 spiro atoms. The van der Waals surface area contributed by atoms with Crippen LogP contribution in [0, 0.1) is 0 Å². The molecular formula is C35H36N5O7S2+. The van der Waals surface area contributed by atoms with E-state index in [9.17, 15) is 25.9 Å². The Morgan fingerprint density at radius 2 is 1.55 bits per heavy atom. The minimum Gasteiger partial charge on any atom is -0.455 e. The predicted octanol–water partition coefficient (Wildman–Crippen LogP) is 4.12. The molecule has 12 nitrogen and oxygen atoms in total. The summed E-state index contributed by atoms with van der Waals surface area (Å²) >= 11 is 0. The molecule has 14 heteroatoms. The highest BCUT2D eigenvalue weighted by Crippen LogP contribution is 2.42. The Morgan fingerprint density at radius 1 is 0.857 bits per heavy atom. The zero-order valence-corrected chi connectivity index (χ0v) is 28.5. The number of hydrogen-bond acceptors (Lipinski definition) is 9. The molecule has 0 fully saturated rings. The van der Waals surface area contributed by atoms with Crippen LogP contribution in [0.2, 0.25) is 0 Å². The maximum atomic E-state index is 12.8. The molecule has 0 aliphatic carbocycles. The predicted molar refractivity (Wildman–Crippen MR) is 185 cm³/mol. The molecule has 0 amide bonds. The van der Waals surface area contributed by atoms with Crippen LogP contribution < -0.4 is 30.5 Å². The first kappa shape index (κ1) is 33.0. The van der Waals surface area contributed by atoms with Gasteiger partial charge in [-0.2, -0.15) is 27.1 Å². The molecule has 254 valence electrons. The Hall–Kier alpha value is -4.47. The van der Waals surface area contributed by atoms with Gasteiger partial charge in [0.25, 0.3) is 20.2 Å². The quantitative estimate of drug-likeness (QED) is 0.116. The third kappa shape index (κ3) is 6.37. The number of fused-ring (bicyclic) bond motifs is 3. The average molecular weight is 703 g/mol. The van der Waals surface area contributed by atoms with Crippen LogP contribution in [0.15, 0.2) is 86.7 Å². The Morgan fingerprint density at radius 3 is 2.27 bits per heavy atom. The lowest BCUT2D eigenvalue weighted by molar-refractivity contribution is 0.437. The van der Waals surface area contributed by atoms with E-state index in [1.165, 1.54) is 6.07 Å². The van der Waals surface area contributed by atoms with E-state index >= 15 is 0 Å². The minimum absolute atomic E-state index is 0.0715. The van der Waals surface area contributed by atoms with Crippen LogP contribution in [0.3, 0.4) is 0 Å². The van der Waals surface area contributed by atoms with Gasteiger partial charge in [-0.25, -0.2) is 4.58 Å². The van der Waals surface area contributed by atoms with Gasteiger partial charge >= 0.3 is 0 Å². The van der Waals surface area contributed by atoms with Crippen LogP contribution in [-0.4, -0.2) is 59.2 Å². The molecule has 4 aromatic rings. The molecule has 0 saturated carbocycles. The van der Waals surface area contributed by atoms with Crippen molar-refractivity contribution in [2.75, 3.05) is 38.1 Å². The fourth-order valence-corrected chi connectivity index (χ4v) is 8.28. The molecule has 0 bridgehead atoms. The lowest BCUT2D eigenvalue weighted by atomic mass is 9.87. The molecule has 3 aliphatic heterocycles. The first-order valence-corrected chi connectivity index (χ1v) is 19.0. The maximum Gasteiger partial charge on any atom is 0.295 e. The van der Waals surface area contributed by atoms with E-state index in [1.54, 1.807) is 18.2 Å². The Labute approximate surface area is 284 Å². The van der Waals surface area contributed by atoms with Crippen molar-refractivity contribution in [3.05, 3.63) is 99.6 Å². The van der Waals surface area contributed by atoms with E-state index in [2.05, 4.69) is 19.7 Å². The highest BCUT2D eigenvalue weighted by molar-refractivity contribution is 7.86. The summed E-state index contributed by atoms with van der Waals surface area (Å²) in [6, 6.07) is 18.1. The number of aryl methyl sites for hydroxylation is 1. The van der Waals surface area contributed by atoms with E-state index in [0.29, 0.717) is 45.8 Å². The Balaban J connectivity index is 1.39. The van der Waals surface area contributed by atoms with Crippen LogP contribution in [0.25, 0.3) is 5.57 Å². The number of benzene rings is 4. The lowest BCUT2D eigenvalue weighted by Gasteiger charge is -2.27. The summed E-state index contributed by atoms with van der Waals surface area (Å²) in [5.74, 6) is 0.983. The molecule has 0 atom stereocenters. The lowest BCUT2D eigenvalue weighted by Crippen LogP contribution is -2.45. The van der Waals surface area contributed by atoms with E-state index in [-0.39, 0.29) is 5.56 Å². The Bertz CT molecular complexity index is 2370. The van der Waals surface area contributed by atoms with Gasteiger partial charge in [-0.3, -0.25) is 9.11 Å². The second-order valence-electron chi connectivity index (χ2n) is 12.5. The van der Waals surface area contributed by atoms with Crippen molar-refractivity contribution in [2.45, 2.75) is 41.9 Å². The maximum absolute atomic E-state index is 12.8. The molecule has 3 heterocycles. The normalized spacial score (nSPS) is 15.4. The van der Waals surface area contributed by atoms with Crippen LogP contribution in [0.5, 0.6) is 11.5 Å². The first-order chi connectivity index (χ1) is 23.4. The fraction of sp³-hybridized carbons (Fsp3) is 0.286. The number of ether oxygens (including phenoxy) is 1. The topological polar surface area (TPSA) is 175 Å². The van der Waals surface area contributed by atoms with E-state index in [1.807, 2.05) is 37.4 Å². The van der Waals surface area contributed by atoms with Gasteiger partial charge in [0.05, 0.1) is 21.8 Å². The van der Waals surface area contributed by atoms with Crippen molar-refractivity contribution in [1.82, 2.24) is 4.58 Å². The fourth-order valence-electron chi connectivity index (χ4n) is 6.97. The van der Waals surface area contributed by atoms with Gasteiger partial charge < -0.3 is 15.4 Å². The second-order valence-corrected chi connectivity index (χ2v) is 15.3. The Kier molecular flexibility index (Phi) is 8.61. The summed E-state index contributed by atoms with van der Waals surface area (Å²) < 4.78 is 78.6. The van der Waals surface area contributed by atoms with E-state index < -0.39 is 30.0 Å². The highest BCUT2D eigenvalue weighted by atomic mass is 32.2. The molecular weight excluding hydrogens is 667 g/mol. The summed E-state index contributed by atoms with van der Waals surface area (Å²) in [6.07, 6.45) is 4.37.